The van der Waals surface area contributed by atoms with Gasteiger partial charge in [-0.25, -0.2) is 0 Å². The van der Waals surface area contributed by atoms with E-state index in [1.54, 1.807) is 0 Å². The Balaban J connectivity index is 2.48. The van der Waals surface area contributed by atoms with Crippen molar-refractivity contribution < 1.29 is 0 Å². The molecule has 1 aromatic rings. The molecule has 1 N–H and O–H groups in total. The summed E-state index contributed by atoms with van der Waals surface area (Å²) >= 11 is 0. The Kier molecular flexibility index (Phi) is 3.07. The van der Waals surface area contributed by atoms with Gasteiger partial charge in [-0.05, 0) is 23.5 Å². The van der Waals surface area contributed by atoms with Crippen LogP contribution in [0.1, 0.15) is 39.7 Å². The van der Waals surface area contributed by atoms with Crippen LogP contribution in [0.25, 0.3) is 0 Å². The minimum Gasteiger partial charge on any atom is -0.379 e. The van der Waals surface area contributed by atoms with Gasteiger partial charge >= 0.3 is 0 Å². The molecule has 94 valence electrons. The second-order valence-corrected chi connectivity index (χ2v) is 6.08. The molecule has 0 saturated carbocycles. The van der Waals surface area contributed by atoms with E-state index in [4.69, 9.17) is 0 Å². The summed E-state index contributed by atoms with van der Waals surface area (Å²) in [4.78, 5) is 2.40. The fourth-order valence-electron chi connectivity index (χ4n) is 2.60. The number of rotatable bonds is 1. The van der Waals surface area contributed by atoms with Crippen molar-refractivity contribution in [3.05, 3.63) is 23.8 Å². The molecule has 2 rings (SSSR count). The van der Waals surface area contributed by atoms with Gasteiger partial charge in [0.15, 0.2) is 0 Å². The van der Waals surface area contributed by atoms with Crippen molar-refractivity contribution in [2.45, 2.75) is 45.6 Å². The van der Waals surface area contributed by atoms with E-state index in [2.05, 4.69) is 63.2 Å². The number of fused-ring (bicyclic) bond motifs is 1. The fourth-order valence-corrected chi connectivity index (χ4v) is 2.60. The Morgan fingerprint density at radius 3 is 2.65 bits per heavy atom. The molecule has 0 amide bonds. The van der Waals surface area contributed by atoms with E-state index in [1.165, 1.54) is 23.4 Å². The van der Waals surface area contributed by atoms with E-state index in [0.717, 1.165) is 6.54 Å². The summed E-state index contributed by atoms with van der Waals surface area (Å²) in [6.07, 6.45) is 1.17. The summed E-state index contributed by atoms with van der Waals surface area (Å²) in [6, 6.07) is 7.19. The molecule has 0 saturated heterocycles. The third-order valence-electron chi connectivity index (χ3n) is 3.57. The van der Waals surface area contributed by atoms with Crippen molar-refractivity contribution in [2.75, 3.05) is 23.8 Å². The molecular weight excluding hydrogens is 208 g/mol. The molecule has 2 heteroatoms. The van der Waals surface area contributed by atoms with Crippen molar-refractivity contribution in [3.63, 3.8) is 0 Å². The van der Waals surface area contributed by atoms with Gasteiger partial charge in [0.25, 0.3) is 0 Å². The highest BCUT2D eigenvalue weighted by atomic mass is 15.2. The van der Waals surface area contributed by atoms with Crippen LogP contribution in [-0.2, 0) is 5.41 Å². The Bertz CT molecular complexity index is 404. The van der Waals surface area contributed by atoms with Gasteiger partial charge in [-0.2, -0.15) is 0 Å². The van der Waals surface area contributed by atoms with Crippen LogP contribution < -0.4 is 10.2 Å². The molecular formula is C15H24N2. The molecule has 1 aromatic carbocycles. The minimum atomic E-state index is 0.195. The van der Waals surface area contributed by atoms with E-state index in [0.29, 0.717) is 6.04 Å². The second kappa shape index (κ2) is 4.25. The number of anilines is 2. The van der Waals surface area contributed by atoms with Crippen LogP contribution in [-0.4, -0.2) is 19.6 Å². The number of nitrogens with one attached hydrogen (secondary N) is 1. The summed E-state index contributed by atoms with van der Waals surface area (Å²) in [5.41, 5.74) is 4.29. The number of likely N-dealkylation sites (N-methyl/N-ethyl adjacent to an activating group) is 1. The topological polar surface area (TPSA) is 15.3 Å². The molecule has 0 bridgehead atoms. The van der Waals surface area contributed by atoms with Gasteiger partial charge in [-0.15, -0.1) is 0 Å². The zero-order valence-corrected chi connectivity index (χ0v) is 11.7. The van der Waals surface area contributed by atoms with Crippen LogP contribution in [0.5, 0.6) is 0 Å². The summed E-state index contributed by atoms with van der Waals surface area (Å²) < 4.78 is 0. The summed E-state index contributed by atoms with van der Waals surface area (Å²) in [6.45, 7) is 10.2. The average molecular weight is 232 g/mol. The molecule has 0 aliphatic carbocycles. The lowest BCUT2D eigenvalue weighted by Gasteiger charge is -2.38. The van der Waals surface area contributed by atoms with E-state index < -0.39 is 0 Å². The maximum atomic E-state index is 3.65. The molecule has 0 aromatic heterocycles. The van der Waals surface area contributed by atoms with Gasteiger partial charge in [-0.3, -0.25) is 0 Å². The van der Waals surface area contributed by atoms with Crippen molar-refractivity contribution in [3.8, 4) is 0 Å². The lowest BCUT2D eigenvalue weighted by atomic mass is 9.84. The van der Waals surface area contributed by atoms with Gasteiger partial charge in [0, 0.05) is 19.6 Å². The van der Waals surface area contributed by atoms with Gasteiger partial charge in [0.1, 0.15) is 0 Å². The molecule has 2 nitrogen and oxygen atoms in total. The molecule has 1 aliphatic rings. The molecule has 1 atom stereocenters. The lowest BCUT2D eigenvalue weighted by Crippen LogP contribution is -2.40. The van der Waals surface area contributed by atoms with Gasteiger partial charge < -0.3 is 10.2 Å². The number of para-hydroxylation sites is 1. The number of hydrogen-bond donors (Lipinski definition) is 1. The summed E-state index contributed by atoms with van der Waals surface area (Å²) in [5.74, 6) is 0. The molecule has 0 radical (unpaired) electrons. The normalized spacial score (nSPS) is 19.8. The highest BCUT2D eigenvalue weighted by molar-refractivity contribution is 5.77. The maximum absolute atomic E-state index is 3.65. The number of benzene rings is 1. The molecule has 17 heavy (non-hydrogen) atoms. The highest BCUT2D eigenvalue weighted by Gasteiger charge is 2.27. The molecule has 1 unspecified atom stereocenters. The standard InChI is InChI=1S/C15H24N2/c1-6-11-10-17(5)14-12(15(2,3)4)8-7-9-13(14)16-11/h7-9,11,16H,6,10H2,1-5H3. The van der Waals surface area contributed by atoms with E-state index in [1.807, 2.05) is 0 Å². The first-order valence-electron chi connectivity index (χ1n) is 6.54. The predicted octanol–water partition coefficient (Wildman–Crippen LogP) is 3.62. The highest BCUT2D eigenvalue weighted by Crippen LogP contribution is 2.39. The lowest BCUT2D eigenvalue weighted by molar-refractivity contribution is 0.581. The molecule has 1 heterocycles. The largest absolute Gasteiger partial charge is 0.379 e. The SMILES string of the molecule is CCC1CN(C)c2c(cccc2C(C)(C)C)N1. The third kappa shape index (κ3) is 2.26. The van der Waals surface area contributed by atoms with Crippen LogP contribution in [0.3, 0.4) is 0 Å². The van der Waals surface area contributed by atoms with Gasteiger partial charge in [0.2, 0.25) is 0 Å². The second-order valence-electron chi connectivity index (χ2n) is 6.08. The molecule has 0 spiro atoms. The first kappa shape index (κ1) is 12.3. The monoisotopic (exact) mass is 232 g/mol. The zero-order chi connectivity index (χ0) is 12.6. The van der Waals surface area contributed by atoms with Crippen LogP contribution >= 0.6 is 0 Å². The molecule has 0 fully saturated rings. The van der Waals surface area contributed by atoms with E-state index >= 15 is 0 Å². The van der Waals surface area contributed by atoms with Gasteiger partial charge in [-0.1, -0.05) is 39.8 Å². The summed E-state index contributed by atoms with van der Waals surface area (Å²) in [7, 11) is 2.21. The average Bonchev–Trinajstić information content (AvgIpc) is 2.26. The van der Waals surface area contributed by atoms with E-state index in [-0.39, 0.29) is 5.41 Å². The number of nitrogens with zero attached hydrogens (tertiary/aromatic N) is 1. The van der Waals surface area contributed by atoms with E-state index in [9.17, 15) is 0 Å². The van der Waals surface area contributed by atoms with Crippen LogP contribution in [0.15, 0.2) is 18.2 Å². The van der Waals surface area contributed by atoms with Gasteiger partial charge in [0.05, 0.1) is 11.4 Å². The Hall–Kier alpha value is -1.18. The maximum Gasteiger partial charge on any atom is 0.0638 e. The zero-order valence-electron chi connectivity index (χ0n) is 11.7. The molecule has 1 aliphatic heterocycles. The Labute approximate surface area is 105 Å². The number of hydrogen-bond acceptors (Lipinski definition) is 2. The van der Waals surface area contributed by atoms with Crippen LogP contribution in [0, 0.1) is 0 Å². The quantitative estimate of drug-likeness (QED) is 0.795. The Morgan fingerprint density at radius 2 is 2.06 bits per heavy atom. The van der Waals surface area contributed by atoms with Crippen LogP contribution in [0.2, 0.25) is 0 Å². The van der Waals surface area contributed by atoms with Crippen molar-refractivity contribution in [1.82, 2.24) is 0 Å². The smallest absolute Gasteiger partial charge is 0.0638 e. The summed E-state index contributed by atoms with van der Waals surface area (Å²) in [5, 5.41) is 3.65. The van der Waals surface area contributed by atoms with Crippen molar-refractivity contribution >= 4 is 11.4 Å². The van der Waals surface area contributed by atoms with Crippen LogP contribution in [0.4, 0.5) is 11.4 Å². The fraction of sp³-hybridized carbons (Fsp3) is 0.600. The predicted molar refractivity (Wildman–Crippen MR) is 76.1 cm³/mol. The van der Waals surface area contributed by atoms with Crippen molar-refractivity contribution in [2.24, 2.45) is 0 Å². The first-order chi connectivity index (χ1) is 7.93. The van der Waals surface area contributed by atoms with Crippen molar-refractivity contribution in [1.29, 1.82) is 0 Å². The Morgan fingerprint density at radius 1 is 1.35 bits per heavy atom. The third-order valence-corrected chi connectivity index (χ3v) is 3.57. The minimum absolute atomic E-state index is 0.195. The first-order valence-corrected chi connectivity index (χ1v) is 6.54.